The Balaban J connectivity index is 1.27. The molecule has 2 bridgehead atoms. The van der Waals surface area contributed by atoms with Crippen molar-refractivity contribution >= 4 is 5.97 Å². The maximum Gasteiger partial charge on any atom is 0.306 e. The molecule has 7 atom stereocenters. The van der Waals surface area contributed by atoms with E-state index in [0.717, 1.165) is 25.7 Å². The highest BCUT2D eigenvalue weighted by Gasteiger charge is 2.40. The average molecular weight is 305 g/mol. The Hall–Kier alpha value is -0.870. The van der Waals surface area contributed by atoms with E-state index in [1.54, 1.807) is 0 Å². The molecule has 0 amide bonds. The van der Waals surface area contributed by atoms with E-state index >= 15 is 0 Å². The van der Waals surface area contributed by atoms with Gasteiger partial charge in [0.05, 0.1) is 18.6 Å². The van der Waals surface area contributed by atoms with E-state index in [0.29, 0.717) is 30.2 Å². The fraction of sp³-hybridized carbons (Fsp3) is 0.833. The van der Waals surface area contributed by atoms with Crippen LogP contribution in [-0.2, 0) is 14.3 Å². The normalized spacial score (nSPS) is 46.5. The molecule has 0 spiro atoms. The van der Waals surface area contributed by atoms with Crippen molar-refractivity contribution < 1.29 is 14.3 Å². The maximum absolute atomic E-state index is 12.2. The standard InChI is InChI=1S/C18H27NO3/c19-16-3-1-2-11-8-14(4-6-15(11)16)22-18(20)10-12-9-13-5-7-17(12)21-13/h5,7,11-17H,1-4,6,8-10,19H2. The Labute approximate surface area is 132 Å². The van der Waals surface area contributed by atoms with E-state index in [2.05, 4.69) is 12.2 Å². The molecular formula is C18H27NO3. The maximum atomic E-state index is 12.2. The van der Waals surface area contributed by atoms with E-state index in [9.17, 15) is 4.79 Å². The fourth-order valence-corrected chi connectivity index (χ4v) is 5.09. The minimum atomic E-state index is -0.0295. The molecule has 0 aromatic heterocycles. The van der Waals surface area contributed by atoms with Gasteiger partial charge in [-0.2, -0.15) is 0 Å². The van der Waals surface area contributed by atoms with Crippen molar-refractivity contribution in [2.24, 2.45) is 23.5 Å². The van der Waals surface area contributed by atoms with Gasteiger partial charge in [-0.05, 0) is 50.4 Å². The SMILES string of the molecule is NC1CCCC2CC(OC(=O)CC3CC4C=CC3O4)CCC12. The van der Waals surface area contributed by atoms with E-state index in [1.807, 2.05) is 0 Å². The molecule has 4 nitrogen and oxygen atoms in total. The third kappa shape index (κ3) is 2.83. The lowest BCUT2D eigenvalue weighted by molar-refractivity contribution is -0.154. The zero-order valence-electron chi connectivity index (χ0n) is 13.2. The first-order valence-electron chi connectivity index (χ1n) is 8.98. The van der Waals surface area contributed by atoms with Crippen LogP contribution in [0, 0.1) is 17.8 Å². The number of carbonyl (C=O) groups is 1. The van der Waals surface area contributed by atoms with Crippen molar-refractivity contribution in [2.75, 3.05) is 0 Å². The van der Waals surface area contributed by atoms with Crippen LogP contribution < -0.4 is 5.73 Å². The number of carbonyl (C=O) groups excluding carboxylic acids is 1. The second-order valence-corrected chi connectivity index (χ2v) is 7.67. The van der Waals surface area contributed by atoms with Crippen molar-refractivity contribution in [1.82, 2.24) is 0 Å². The molecule has 122 valence electrons. The van der Waals surface area contributed by atoms with E-state index in [1.165, 1.54) is 19.3 Å². The molecule has 2 aliphatic heterocycles. The lowest BCUT2D eigenvalue weighted by Gasteiger charge is -2.42. The molecule has 2 saturated carbocycles. The first-order valence-corrected chi connectivity index (χ1v) is 8.98. The summed E-state index contributed by atoms with van der Waals surface area (Å²) in [5.41, 5.74) is 6.25. The highest BCUT2D eigenvalue weighted by Crippen LogP contribution is 2.41. The molecule has 2 heterocycles. The van der Waals surface area contributed by atoms with Gasteiger partial charge in [-0.1, -0.05) is 18.6 Å². The van der Waals surface area contributed by atoms with Crippen LogP contribution in [0.5, 0.6) is 0 Å². The quantitative estimate of drug-likeness (QED) is 0.643. The third-order valence-corrected chi connectivity index (χ3v) is 6.23. The molecule has 4 aliphatic rings. The average Bonchev–Trinajstić information content (AvgIpc) is 3.10. The number of esters is 1. The van der Waals surface area contributed by atoms with Crippen molar-refractivity contribution in [2.45, 2.75) is 75.7 Å². The number of rotatable bonds is 3. The number of hydrogen-bond donors (Lipinski definition) is 1. The molecule has 4 rings (SSSR count). The Morgan fingerprint density at radius 1 is 1.18 bits per heavy atom. The smallest absolute Gasteiger partial charge is 0.306 e. The number of fused-ring (bicyclic) bond motifs is 3. The molecule has 4 heteroatoms. The fourth-order valence-electron chi connectivity index (χ4n) is 5.09. The molecule has 0 aromatic rings. The van der Waals surface area contributed by atoms with Crippen molar-refractivity contribution in [3.63, 3.8) is 0 Å². The van der Waals surface area contributed by atoms with Crippen molar-refractivity contribution in [1.29, 1.82) is 0 Å². The molecular weight excluding hydrogens is 278 g/mol. The summed E-state index contributed by atoms with van der Waals surface area (Å²) in [7, 11) is 0. The van der Waals surface area contributed by atoms with Crippen LogP contribution in [0.3, 0.4) is 0 Å². The Morgan fingerprint density at radius 2 is 2.09 bits per heavy atom. The lowest BCUT2D eigenvalue weighted by atomic mass is 9.68. The predicted molar refractivity (Wildman–Crippen MR) is 83.1 cm³/mol. The number of hydrogen-bond acceptors (Lipinski definition) is 4. The predicted octanol–water partition coefficient (Wildman–Crippen LogP) is 2.56. The summed E-state index contributed by atoms with van der Waals surface area (Å²) in [5.74, 6) is 1.62. The zero-order valence-corrected chi connectivity index (χ0v) is 13.2. The zero-order chi connectivity index (χ0) is 15.1. The lowest BCUT2D eigenvalue weighted by Crippen LogP contribution is -2.43. The van der Waals surface area contributed by atoms with Gasteiger partial charge in [-0.3, -0.25) is 4.79 Å². The Kier molecular flexibility index (Phi) is 3.99. The highest BCUT2D eigenvalue weighted by molar-refractivity contribution is 5.70. The van der Waals surface area contributed by atoms with E-state index in [4.69, 9.17) is 15.2 Å². The van der Waals surface area contributed by atoms with Gasteiger partial charge in [-0.15, -0.1) is 0 Å². The van der Waals surface area contributed by atoms with Crippen LogP contribution in [0.2, 0.25) is 0 Å². The summed E-state index contributed by atoms with van der Waals surface area (Å²) >= 11 is 0. The number of nitrogens with two attached hydrogens (primary N) is 1. The van der Waals surface area contributed by atoms with Gasteiger partial charge < -0.3 is 15.2 Å². The van der Waals surface area contributed by atoms with Crippen LogP contribution in [0.25, 0.3) is 0 Å². The summed E-state index contributed by atoms with van der Waals surface area (Å²) in [6.45, 7) is 0. The van der Waals surface area contributed by atoms with Crippen molar-refractivity contribution in [3.05, 3.63) is 12.2 Å². The minimum Gasteiger partial charge on any atom is -0.462 e. The van der Waals surface area contributed by atoms with Crippen LogP contribution in [0.4, 0.5) is 0 Å². The second kappa shape index (κ2) is 5.97. The first kappa shape index (κ1) is 14.7. The van der Waals surface area contributed by atoms with Gasteiger partial charge in [0.25, 0.3) is 0 Å². The summed E-state index contributed by atoms with van der Waals surface area (Å²) in [5, 5.41) is 0. The highest BCUT2D eigenvalue weighted by atomic mass is 16.5. The van der Waals surface area contributed by atoms with Gasteiger partial charge in [0.1, 0.15) is 6.10 Å². The van der Waals surface area contributed by atoms with Gasteiger partial charge in [0.2, 0.25) is 0 Å². The topological polar surface area (TPSA) is 61.5 Å². The Morgan fingerprint density at radius 3 is 2.86 bits per heavy atom. The molecule has 0 aromatic carbocycles. The third-order valence-electron chi connectivity index (χ3n) is 6.23. The largest absolute Gasteiger partial charge is 0.462 e. The van der Waals surface area contributed by atoms with Crippen LogP contribution in [0.1, 0.15) is 51.4 Å². The van der Waals surface area contributed by atoms with Gasteiger partial charge in [0.15, 0.2) is 0 Å². The van der Waals surface area contributed by atoms with Crippen LogP contribution in [0.15, 0.2) is 12.2 Å². The molecule has 7 unspecified atom stereocenters. The second-order valence-electron chi connectivity index (χ2n) is 7.67. The van der Waals surface area contributed by atoms with Gasteiger partial charge in [0, 0.05) is 12.0 Å². The molecule has 1 saturated heterocycles. The van der Waals surface area contributed by atoms with Crippen LogP contribution >= 0.6 is 0 Å². The first-order chi connectivity index (χ1) is 10.7. The summed E-state index contributed by atoms with van der Waals surface area (Å²) in [6.07, 6.45) is 13.0. The Bertz CT molecular complexity index is 463. The van der Waals surface area contributed by atoms with Gasteiger partial charge in [-0.25, -0.2) is 0 Å². The molecule has 0 radical (unpaired) electrons. The molecule has 22 heavy (non-hydrogen) atoms. The van der Waals surface area contributed by atoms with E-state index < -0.39 is 0 Å². The monoisotopic (exact) mass is 305 g/mol. The molecule has 2 N–H and O–H groups in total. The summed E-state index contributed by atoms with van der Waals surface area (Å²) < 4.78 is 11.5. The summed E-state index contributed by atoms with van der Waals surface area (Å²) in [6, 6.07) is 0.369. The van der Waals surface area contributed by atoms with E-state index in [-0.39, 0.29) is 24.3 Å². The van der Waals surface area contributed by atoms with Crippen LogP contribution in [-0.4, -0.2) is 30.3 Å². The number of ether oxygens (including phenoxy) is 2. The minimum absolute atomic E-state index is 0.0295. The molecule has 2 aliphatic carbocycles. The van der Waals surface area contributed by atoms with Gasteiger partial charge >= 0.3 is 5.97 Å². The summed E-state index contributed by atoms with van der Waals surface area (Å²) in [4.78, 5) is 12.2. The van der Waals surface area contributed by atoms with Crippen molar-refractivity contribution in [3.8, 4) is 0 Å². The molecule has 3 fully saturated rings.